The number of fused-ring (bicyclic) bond motifs is 1. The van der Waals surface area contributed by atoms with Gasteiger partial charge in [-0.05, 0) is 76.1 Å². The molecule has 7 heteroatoms. The fourth-order valence-electron chi connectivity index (χ4n) is 4.09. The minimum Gasteiger partial charge on any atom is -0.482 e. The van der Waals surface area contributed by atoms with Gasteiger partial charge in [-0.25, -0.2) is 4.79 Å². The second-order valence-corrected chi connectivity index (χ2v) is 9.41. The third-order valence-electron chi connectivity index (χ3n) is 5.40. The van der Waals surface area contributed by atoms with Crippen LogP contribution in [0.4, 0.5) is 5.69 Å². The first-order valence-electron chi connectivity index (χ1n) is 11.2. The summed E-state index contributed by atoms with van der Waals surface area (Å²) in [5.74, 6) is 0.329. The van der Waals surface area contributed by atoms with Crippen LogP contribution in [-0.2, 0) is 16.1 Å². The summed E-state index contributed by atoms with van der Waals surface area (Å²) in [5, 5.41) is 11.9. The van der Waals surface area contributed by atoms with E-state index in [9.17, 15) is 4.79 Å². The molecule has 32 heavy (non-hydrogen) atoms. The van der Waals surface area contributed by atoms with Crippen molar-refractivity contribution in [3.05, 3.63) is 54.2 Å². The Hall–Kier alpha value is -3.06. The maximum Gasteiger partial charge on any atom is 0.344 e. The molecule has 1 saturated heterocycles. The van der Waals surface area contributed by atoms with Crippen LogP contribution >= 0.6 is 0 Å². The van der Waals surface area contributed by atoms with Crippen molar-refractivity contribution < 1.29 is 14.3 Å². The second-order valence-electron chi connectivity index (χ2n) is 9.41. The van der Waals surface area contributed by atoms with Gasteiger partial charge in [0.25, 0.3) is 0 Å². The van der Waals surface area contributed by atoms with Crippen molar-refractivity contribution in [2.24, 2.45) is 0 Å². The molecule has 170 valence electrons. The maximum atomic E-state index is 11.9. The van der Waals surface area contributed by atoms with E-state index in [-0.39, 0.29) is 12.6 Å². The summed E-state index contributed by atoms with van der Waals surface area (Å²) in [7, 11) is 0. The van der Waals surface area contributed by atoms with Gasteiger partial charge in [-0.15, -0.1) is 0 Å². The Kier molecular flexibility index (Phi) is 6.65. The second kappa shape index (κ2) is 9.61. The number of benzene rings is 2. The number of aromatic amines is 1. The van der Waals surface area contributed by atoms with E-state index in [4.69, 9.17) is 9.47 Å². The molecule has 0 amide bonds. The average molecular weight is 437 g/mol. The number of nitrogens with one attached hydrogen (secondary N) is 2. The summed E-state index contributed by atoms with van der Waals surface area (Å²) < 4.78 is 11.0. The third-order valence-corrected chi connectivity index (χ3v) is 5.40. The number of rotatable bonds is 7. The number of nitrogens with zero attached hydrogens (tertiary/aromatic N) is 2. The van der Waals surface area contributed by atoms with Gasteiger partial charge in [-0.1, -0.05) is 12.1 Å². The van der Waals surface area contributed by atoms with Crippen molar-refractivity contribution in [2.45, 2.75) is 51.8 Å². The van der Waals surface area contributed by atoms with Crippen LogP contribution in [0, 0.1) is 0 Å². The summed E-state index contributed by atoms with van der Waals surface area (Å²) in [5.41, 5.74) is 2.84. The van der Waals surface area contributed by atoms with Crippen LogP contribution in [0.25, 0.3) is 10.9 Å². The van der Waals surface area contributed by atoms with Crippen molar-refractivity contribution in [3.8, 4) is 5.75 Å². The number of esters is 1. The van der Waals surface area contributed by atoms with E-state index in [1.807, 2.05) is 45.2 Å². The van der Waals surface area contributed by atoms with Crippen molar-refractivity contribution in [2.75, 3.05) is 25.0 Å². The number of carbonyl (C=O) groups is 1. The SMILES string of the molecule is CC(C)(C)OC(=O)COc1cccc(CN2CCCC(Nc3ccc4[nH]ncc4c3)C2)c1. The van der Waals surface area contributed by atoms with E-state index >= 15 is 0 Å². The Labute approximate surface area is 189 Å². The van der Waals surface area contributed by atoms with Crippen molar-refractivity contribution in [1.82, 2.24) is 15.1 Å². The first-order valence-corrected chi connectivity index (χ1v) is 11.2. The molecule has 3 aromatic rings. The van der Waals surface area contributed by atoms with Crippen LogP contribution in [0.15, 0.2) is 48.7 Å². The number of aromatic nitrogens is 2. The summed E-state index contributed by atoms with van der Waals surface area (Å²) >= 11 is 0. The molecule has 2 aromatic carbocycles. The van der Waals surface area contributed by atoms with E-state index in [0.717, 1.165) is 49.1 Å². The Morgan fingerprint density at radius 2 is 2.12 bits per heavy atom. The molecule has 0 bridgehead atoms. The summed E-state index contributed by atoms with van der Waals surface area (Å²) in [4.78, 5) is 14.4. The smallest absolute Gasteiger partial charge is 0.344 e. The molecular weight excluding hydrogens is 404 g/mol. The average Bonchev–Trinajstić information content (AvgIpc) is 3.20. The topological polar surface area (TPSA) is 79.5 Å². The molecule has 2 heterocycles. The van der Waals surface area contributed by atoms with Gasteiger partial charge in [-0.3, -0.25) is 10.00 Å². The number of hydrogen-bond donors (Lipinski definition) is 2. The number of carbonyl (C=O) groups excluding carboxylic acids is 1. The monoisotopic (exact) mass is 436 g/mol. The third kappa shape index (κ3) is 6.23. The van der Waals surface area contributed by atoms with Crippen LogP contribution in [0.2, 0.25) is 0 Å². The molecule has 0 radical (unpaired) electrons. The van der Waals surface area contributed by atoms with Crippen molar-refractivity contribution in [1.29, 1.82) is 0 Å². The number of H-pyrrole nitrogens is 1. The Morgan fingerprint density at radius 1 is 1.25 bits per heavy atom. The largest absolute Gasteiger partial charge is 0.482 e. The van der Waals surface area contributed by atoms with Crippen molar-refractivity contribution >= 4 is 22.6 Å². The summed E-state index contributed by atoms with van der Waals surface area (Å²) in [6.07, 6.45) is 4.16. The molecule has 1 atom stereocenters. The molecule has 4 rings (SSSR count). The number of likely N-dealkylation sites (tertiary alicyclic amines) is 1. The minimum absolute atomic E-state index is 0.0859. The predicted octanol–water partition coefficient (Wildman–Crippen LogP) is 4.36. The molecule has 1 unspecified atom stereocenters. The molecular formula is C25H32N4O3. The normalized spacial score (nSPS) is 17.3. The Morgan fingerprint density at radius 3 is 2.97 bits per heavy atom. The zero-order chi connectivity index (χ0) is 22.6. The number of hydrogen-bond acceptors (Lipinski definition) is 6. The summed E-state index contributed by atoms with van der Waals surface area (Å²) in [6.45, 7) is 8.36. The molecule has 1 aromatic heterocycles. The van der Waals surface area contributed by atoms with E-state index in [2.05, 4.69) is 44.7 Å². The molecule has 0 spiro atoms. The van der Waals surface area contributed by atoms with Gasteiger partial charge < -0.3 is 14.8 Å². The zero-order valence-corrected chi connectivity index (χ0v) is 19.1. The minimum atomic E-state index is -0.509. The molecule has 7 nitrogen and oxygen atoms in total. The Balaban J connectivity index is 1.30. The highest BCUT2D eigenvalue weighted by molar-refractivity contribution is 5.81. The van der Waals surface area contributed by atoms with Crippen LogP contribution in [-0.4, -0.2) is 52.4 Å². The van der Waals surface area contributed by atoms with Gasteiger partial charge in [0, 0.05) is 30.2 Å². The quantitative estimate of drug-likeness (QED) is 0.536. The molecule has 1 aliphatic heterocycles. The molecule has 1 fully saturated rings. The van der Waals surface area contributed by atoms with Crippen LogP contribution < -0.4 is 10.1 Å². The zero-order valence-electron chi connectivity index (χ0n) is 19.1. The molecule has 1 aliphatic rings. The van der Waals surface area contributed by atoms with E-state index in [1.54, 1.807) is 0 Å². The first kappa shape index (κ1) is 22.1. The van der Waals surface area contributed by atoms with E-state index < -0.39 is 5.60 Å². The number of ether oxygens (including phenoxy) is 2. The van der Waals surface area contributed by atoms with Crippen LogP contribution in [0.1, 0.15) is 39.2 Å². The maximum absolute atomic E-state index is 11.9. The van der Waals surface area contributed by atoms with Crippen LogP contribution in [0.5, 0.6) is 5.75 Å². The van der Waals surface area contributed by atoms with Gasteiger partial charge in [0.05, 0.1) is 11.7 Å². The lowest BCUT2D eigenvalue weighted by molar-refractivity contribution is -0.157. The van der Waals surface area contributed by atoms with Gasteiger partial charge in [0.1, 0.15) is 11.4 Å². The predicted molar refractivity (Wildman–Crippen MR) is 126 cm³/mol. The highest BCUT2D eigenvalue weighted by Crippen LogP contribution is 2.22. The number of anilines is 1. The molecule has 0 saturated carbocycles. The molecule has 2 N–H and O–H groups in total. The fraction of sp³-hybridized carbons (Fsp3) is 0.440. The standard InChI is InChI=1S/C25H32N4O3/c1-25(2,3)32-24(30)17-31-22-8-4-6-18(12-22)15-29-11-5-7-21(16-29)27-20-9-10-23-19(13-20)14-26-28-23/h4,6,8-10,12-14,21,27H,5,7,11,15-17H2,1-3H3,(H,26,28). The lowest BCUT2D eigenvalue weighted by Crippen LogP contribution is -2.41. The van der Waals surface area contributed by atoms with Crippen LogP contribution in [0.3, 0.4) is 0 Å². The fourth-order valence-corrected chi connectivity index (χ4v) is 4.09. The van der Waals surface area contributed by atoms with Crippen molar-refractivity contribution in [3.63, 3.8) is 0 Å². The summed E-state index contributed by atoms with van der Waals surface area (Å²) in [6, 6.07) is 14.7. The highest BCUT2D eigenvalue weighted by Gasteiger charge is 2.20. The van der Waals surface area contributed by atoms with E-state index in [1.165, 1.54) is 5.56 Å². The first-order chi connectivity index (χ1) is 15.3. The van der Waals surface area contributed by atoms with Gasteiger partial charge in [-0.2, -0.15) is 5.10 Å². The molecule has 0 aliphatic carbocycles. The van der Waals surface area contributed by atoms with Gasteiger partial charge >= 0.3 is 5.97 Å². The Bertz CT molecular complexity index is 1060. The lowest BCUT2D eigenvalue weighted by Gasteiger charge is -2.33. The van der Waals surface area contributed by atoms with Gasteiger partial charge in [0.2, 0.25) is 0 Å². The lowest BCUT2D eigenvalue weighted by atomic mass is 10.0. The highest BCUT2D eigenvalue weighted by atomic mass is 16.6. The van der Waals surface area contributed by atoms with E-state index in [0.29, 0.717) is 11.8 Å². The number of piperidine rings is 1. The van der Waals surface area contributed by atoms with Gasteiger partial charge in [0.15, 0.2) is 6.61 Å².